The topological polar surface area (TPSA) is 69.6 Å². The fraction of sp³-hybridized carbons (Fsp3) is 0.263. The molecule has 1 atom stereocenters. The molecule has 1 heterocycles. The van der Waals surface area contributed by atoms with Crippen LogP contribution in [0.1, 0.15) is 16.7 Å². The molecule has 2 amide bonds. The molecule has 0 aromatic heterocycles. The van der Waals surface area contributed by atoms with Gasteiger partial charge in [-0.1, -0.05) is 48.0 Å². The van der Waals surface area contributed by atoms with E-state index in [1.807, 2.05) is 31.2 Å². The van der Waals surface area contributed by atoms with Gasteiger partial charge in [-0.15, -0.1) is 0 Å². The summed E-state index contributed by atoms with van der Waals surface area (Å²) in [5.74, 6) is -0.231. The number of benzene rings is 2. The number of β-lactam (4-membered cyclic amide) rings is 1. The van der Waals surface area contributed by atoms with E-state index in [1.165, 1.54) is 10.5 Å². The average molecular weight is 324 g/mol. The number of carbonyl (C=O) groups excluding carboxylic acids is 1. The summed E-state index contributed by atoms with van der Waals surface area (Å²) < 4.78 is 0. The first-order chi connectivity index (χ1) is 11.5. The van der Waals surface area contributed by atoms with Crippen molar-refractivity contribution < 1.29 is 14.7 Å². The Morgan fingerprint density at radius 2 is 2.04 bits per heavy atom. The maximum atomic E-state index is 11.5. The second-order valence-corrected chi connectivity index (χ2v) is 6.19. The summed E-state index contributed by atoms with van der Waals surface area (Å²) in [7, 11) is 0. The Morgan fingerprint density at radius 1 is 1.25 bits per heavy atom. The molecule has 1 fully saturated rings. The van der Waals surface area contributed by atoms with Crippen molar-refractivity contribution in [3.05, 3.63) is 59.2 Å². The molecule has 0 aliphatic carbocycles. The first-order valence-corrected chi connectivity index (χ1v) is 7.89. The van der Waals surface area contributed by atoms with E-state index in [2.05, 4.69) is 30.4 Å². The molecule has 1 aliphatic heterocycles. The van der Waals surface area contributed by atoms with Crippen LogP contribution in [0.2, 0.25) is 0 Å². The lowest BCUT2D eigenvalue weighted by Gasteiger charge is -2.34. The highest BCUT2D eigenvalue weighted by Gasteiger charge is 2.36. The van der Waals surface area contributed by atoms with Crippen LogP contribution in [0.3, 0.4) is 0 Å². The monoisotopic (exact) mass is 324 g/mol. The Kier molecular flexibility index (Phi) is 4.25. The van der Waals surface area contributed by atoms with E-state index >= 15 is 0 Å². The van der Waals surface area contributed by atoms with Crippen molar-refractivity contribution in [2.75, 3.05) is 6.54 Å². The average Bonchev–Trinajstić information content (AvgIpc) is 2.52. The summed E-state index contributed by atoms with van der Waals surface area (Å²) in [6.45, 7) is 4.66. The number of hydrogen-bond donors (Lipinski definition) is 2. The van der Waals surface area contributed by atoms with Crippen LogP contribution in [-0.4, -0.2) is 34.6 Å². The molecule has 5 heteroatoms. The lowest BCUT2D eigenvalue weighted by Crippen LogP contribution is -2.62. The SMILES string of the molecule is Cc1cccc(-c2ccc(CN(C(=O)O)[C@H]3CNC3=O)cc2C)c1. The number of amides is 2. The van der Waals surface area contributed by atoms with Crippen LogP contribution in [-0.2, 0) is 11.3 Å². The van der Waals surface area contributed by atoms with Gasteiger partial charge in [0.1, 0.15) is 6.04 Å². The van der Waals surface area contributed by atoms with Gasteiger partial charge in [0.05, 0.1) is 0 Å². The van der Waals surface area contributed by atoms with Crippen LogP contribution in [0.25, 0.3) is 11.1 Å². The highest BCUT2D eigenvalue weighted by molar-refractivity contribution is 5.90. The van der Waals surface area contributed by atoms with E-state index in [0.29, 0.717) is 6.54 Å². The second kappa shape index (κ2) is 6.35. The lowest BCUT2D eigenvalue weighted by molar-refractivity contribution is -0.132. The number of nitrogens with one attached hydrogen (secondary N) is 1. The van der Waals surface area contributed by atoms with E-state index < -0.39 is 12.1 Å². The molecule has 1 aliphatic rings. The van der Waals surface area contributed by atoms with Crippen molar-refractivity contribution in [1.82, 2.24) is 10.2 Å². The molecule has 0 saturated carbocycles. The zero-order chi connectivity index (χ0) is 17.3. The van der Waals surface area contributed by atoms with Crippen molar-refractivity contribution in [2.45, 2.75) is 26.4 Å². The molecular formula is C19H20N2O3. The van der Waals surface area contributed by atoms with Crippen LogP contribution >= 0.6 is 0 Å². The van der Waals surface area contributed by atoms with E-state index in [4.69, 9.17) is 0 Å². The summed E-state index contributed by atoms with van der Waals surface area (Å²) >= 11 is 0. The number of aryl methyl sites for hydroxylation is 2. The summed E-state index contributed by atoms with van der Waals surface area (Å²) in [6, 6.07) is 13.6. The molecule has 2 N–H and O–H groups in total. The van der Waals surface area contributed by atoms with E-state index in [9.17, 15) is 14.7 Å². The number of carboxylic acid groups (broad SMARTS) is 1. The van der Waals surface area contributed by atoms with Gasteiger partial charge in [0.15, 0.2) is 0 Å². The first kappa shape index (κ1) is 16.1. The van der Waals surface area contributed by atoms with Crippen molar-refractivity contribution in [1.29, 1.82) is 0 Å². The highest BCUT2D eigenvalue weighted by atomic mass is 16.4. The van der Waals surface area contributed by atoms with Crippen LogP contribution in [0.15, 0.2) is 42.5 Å². The normalized spacial score (nSPS) is 16.2. The second-order valence-electron chi connectivity index (χ2n) is 6.19. The molecule has 2 aromatic rings. The maximum absolute atomic E-state index is 11.5. The molecule has 124 valence electrons. The quantitative estimate of drug-likeness (QED) is 0.850. The van der Waals surface area contributed by atoms with Gasteiger partial charge in [-0.2, -0.15) is 0 Å². The number of carbonyl (C=O) groups is 2. The third-order valence-corrected chi connectivity index (χ3v) is 4.37. The van der Waals surface area contributed by atoms with Crippen LogP contribution in [0.5, 0.6) is 0 Å². The van der Waals surface area contributed by atoms with Gasteiger partial charge in [-0.05, 0) is 36.1 Å². The molecular weight excluding hydrogens is 304 g/mol. The molecule has 2 aromatic carbocycles. The van der Waals surface area contributed by atoms with Gasteiger partial charge in [-0.25, -0.2) is 4.79 Å². The van der Waals surface area contributed by atoms with Gasteiger partial charge in [0, 0.05) is 13.1 Å². The first-order valence-electron chi connectivity index (χ1n) is 7.89. The Labute approximate surface area is 140 Å². The molecule has 0 radical (unpaired) electrons. The standard InChI is InChI=1S/C19H20N2O3/c1-12-4-3-5-15(8-12)16-7-6-14(9-13(16)2)11-21(19(23)24)17-10-20-18(17)22/h3-9,17H,10-11H2,1-2H3,(H,20,22)(H,23,24)/t17-/m0/s1. The van der Waals surface area contributed by atoms with Crippen molar-refractivity contribution >= 4 is 12.0 Å². The molecule has 3 rings (SSSR count). The molecule has 0 spiro atoms. The minimum absolute atomic E-state index is 0.211. The van der Waals surface area contributed by atoms with Crippen molar-refractivity contribution in [3.63, 3.8) is 0 Å². The van der Waals surface area contributed by atoms with Crippen LogP contribution in [0, 0.1) is 13.8 Å². The Bertz CT molecular complexity index is 801. The van der Waals surface area contributed by atoms with Crippen molar-refractivity contribution in [3.8, 4) is 11.1 Å². The zero-order valence-corrected chi connectivity index (χ0v) is 13.7. The summed E-state index contributed by atoms with van der Waals surface area (Å²) in [4.78, 5) is 24.1. The van der Waals surface area contributed by atoms with E-state index in [-0.39, 0.29) is 12.5 Å². The third-order valence-electron chi connectivity index (χ3n) is 4.37. The molecule has 0 unspecified atom stereocenters. The van der Waals surface area contributed by atoms with Gasteiger partial charge in [0.2, 0.25) is 5.91 Å². The Hall–Kier alpha value is -2.82. The zero-order valence-electron chi connectivity index (χ0n) is 13.7. The molecule has 24 heavy (non-hydrogen) atoms. The van der Waals surface area contributed by atoms with E-state index in [1.54, 1.807) is 0 Å². The molecule has 5 nitrogen and oxygen atoms in total. The van der Waals surface area contributed by atoms with Crippen LogP contribution in [0.4, 0.5) is 4.79 Å². The molecule has 0 bridgehead atoms. The van der Waals surface area contributed by atoms with Gasteiger partial charge in [0.25, 0.3) is 0 Å². The summed E-state index contributed by atoms with van der Waals surface area (Å²) in [5.41, 5.74) is 5.44. The van der Waals surface area contributed by atoms with Crippen LogP contribution < -0.4 is 5.32 Å². The van der Waals surface area contributed by atoms with Crippen molar-refractivity contribution in [2.24, 2.45) is 0 Å². The highest BCUT2D eigenvalue weighted by Crippen LogP contribution is 2.26. The van der Waals surface area contributed by atoms with Gasteiger partial charge < -0.3 is 10.4 Å². The predicted octanol–water partition coefficient (Wildman–Crippen LogP) is 2.95. The summed E-state index contributed by atoms with van der Waals surface area (Å²) in [6.07, 6.45) is -1.07. The number of rotatable bonds is 4. The minimum atomic E-state index is -1.07. The van der Waals surface area contributed by atoms with Gasteiger partial charge in [-0.3, -0.25) is 9.69 Å². The fourth-order valence-electron chi connectivity index (χ4n) is 3.00. The predicted molar refractivity (Wildman–Crippen MR) is 91.7 cm³/mol. The smallest absolute Gasteiger partial charge is 0.408 e. The molecule has 1 saturated heterocycles. The number of nitrogens with zero attached hydrogens (tertiary/aromatic N) is 1. The summed E-state index contributed by atoms with van der Waals surface area (Å²) in [5, 5.41) is 11.9. The van der Waals surface area contributed by atoms with E-state index in [0.717, 1.165) is 22.3 Å². The third kappa shape index (κ3) is 3.11. The lowest BCUT2D eigenvalue weighted by atomic mass is 9.97. The maximum Gasteiger partial charge on any atom is 0.408 e. The largest absolute Gasteiger partial charge is 0.465 e. The Balaban J connectivity index is 1.84. The fourth-order valence-corrected chi connectivity index (χ4v) is 3.00. The number of hydrogen-bond acceptors (Lipinski definition) is 2. The minimum Gasteiger partial charge on any atom is -0.465 e. The Morgan fingerprint density at radius 3 is 2.58 bits per heavy atom. The van der Waals surface area contributed by atoms with Gasteiger partial charge >= 0.3 is 6.09 Å².